The van der Waals surface area contributed by atoms with Crippen molar-refractivity contribution in [1.82, 2.24) is 5.32 Å². The van der Waals surface area contributed by atoms with Crippen molar-refractivity contribution in [2.75, 3.05) is 11.9 Å². The molecule has 0 aliphatic heterocycles. The van der Waals surface area contributed by atoms with Gasteiger partial charge in [0.15, 0.2) is 0 Å². The molecule has 0 fully saturated rings. The van der Waals surface area contributed by atoms with Crippen LogP contribution in [-0.2, 0) is 14.3 Å². The highest BCUT2D eigenvalue weighted by molar-refractivity contribution is 9.09. The van der Waals surface area contributed by atoms with Gasteiger partial charge in [-0.1, -0.05) is 125 Å². The molecule has 0 saturated carbocycles. The zero-order chi connectivity index (χ0) is 26.9. The molecule has 1 unspecified atom stereocenters. The van der Waals surface area contributed by atoms with Crippen LogP contribution < -0.4 is 5.32 Å². The molecule has 0 rings (SSSR count). The van der Waals surface area contributed by atoms with Crippen molar-refractivity contribution in [3.63, 3.8) is 0 Å². The summed E-state index contributed by atoms with van der Waals surface area (Å²) in [6.07, 6.45) is 21.0. The summed E-state index contributed by atoms with van der Waals surface area (Å²) < 4.78 is 11.0. The van der Waals surface area contributed by atoms with E-state index in [-0.39, 0.29) is 5.97 Å². The number of alkyl carbamates (subject to hydrolysis) is 1. The van der Waals surface area contributed by atoms with E-state index in [1.54, 1.807) is 0 Å². The Hall–Kier alpha value is -1.04. The van der Waals surface area contributed by atoms with Crippen molar-refractivity contribution in [2.24, 2.45) is 0 Å². The summed E-state index contributed by atoms with van der Waals surface area (Å²) in [7, 11) is 0. The van der Waals surface area contributed by atoms with Gasteiger partial charge in [0.25, 0.3) is 6.29 Å². The van der Waals surface area contributed by atoms with Gasteiger partial charge in [0.2, 0.25) is 0 Å². The van der Waals surface area contributed by atoms with Crippen LogP contribution in [0.2, 0.25) is 0 Å². The van der Waals surface area contributed by atoms with E-state index in [4.69, 9.17) is 9.47 Å². The predicted octanol–water partition coefficient (Wildman–Crippen LogP) is 9.76. The maximum atomic E-state index is 12.3. The Kier molecular flexibility index (Phi) is 24.9. The molecule has 1 N–H and O–H groups in total. The van der Waals surface area contributed by atoms with Crippen molar-refractivity contribution >= 4 is 28.0 Å². The lowest BCUT2D eigenvalue weighted by atomic mass is 10.0. The topological polar surface area (TPSA) is 64.6 Å². The first-order chi connectivity index (χ1) is 17.4. The highest BCUT2D eigenvalue weighted by atomic mass is 79.9. The summed E-state index contributed by atoms with van der Waals surface area (Å²) >= 11 is 3.43. The zero-order valence-electron chi connectivity index (χ0n) is 23.9. The second-order valence-corrected chi connectivity index (χ2v) is 11.1. The van der Waals surface area contributed by atoms with Gasteiger partial charge in [-0.2, -0.15) is 0 Å². The molecule has 0 aromatic carbocycles. The molecule has 0 radical (unpaired) electrons. The largest absolute Gasteiger partial charge is 0.421 e. The van der Waals surface area contributed by atoms with E-state index in [0.717, 1.165) is 55.0 Å². The van der Waals surface area contributed by atoms with Crippen molar-refractivity contribution in [1.29, 1.82) is 0 Å². The summed E-state index contributed by atoms with van der Waals surface area (Å²) in [5.74, 6) is -0.314. The van der Waals surface area contributed by atoms with Crippen LogP contribution in [0.15, 0.2) is 11.1 Å². The van der Waals surface area contributed by atoms with Gasteiger partial charge in [-0.05, 0) is 40.0 Å². The predicted molar refractivity (Wildman–Crippen MR) is 156 cm³/mol. The van der Waals surface area contributed by atoms with Gasteiger partial charge >= 0.3 is 12.1 Å². The fraction of sp³-hybridized carbons (Fsp3) is 0.867. The minimum atomic E-state index is -0.956. The average molecular weight is 575 g/mol. The molecule has 0 aliphatic rings. The van der Waals surface area contributed by atoms with Crippen molar-refractivity contribution < 1.29 is 19.1 Å². The number of rotatable bonds is 24. The lowest BCUT2D eigenvalue weighted by Crippen LogP contribution is -2.33. The maximum absolute atomic E-state index is 12.3. The van der Waals surface area contributed by atoms with E-state index < -0.39 is 12.4 Å². The molecule has 0 saturated heterocycles. The number of hydrogen-bond donors (Lipinski definition) is 1. The number of esters is 1. The number of nitrogens with one attached hydrogen (secondary N) is 1. The van der Waals surface area contributed by atoms with Crippen LogP contribution in [0.1, 0.15) is 150 Å². The monoisotopic (exact) mass is 573 g/mol. The minimum absolute atomic E-state index is 0.314. The van der Waals surface area contributed by atoms with Crippen LogP contribution in [0.5, 0.6) is 0 Å². The van der Waals surface area contributed by atoms with E-state index >= 15 is 0 Å². The van der Waals surface area contributed by atoms with Crippen LogP contribution >= 0.6 is 15.9 Å². The van der Waals surface area contributed by atoms with E-state index in [1.165, 1.54) is 77.0 Å². The molecule has 5 nitrogen and oxygen atoms in total. The number of hydrogen-bond acceptors (Lipinski definition) is 4. The summed E-state index contributed by atoms with van der Waals surface area (Å²) in [6.45, 7) is 8.54. The Morgan fingerprint density at radius 2 is 1.14 bits per heavy atom. The van der Waals surface area contributed by atoms with Gasteiger partial charge in [-0.25, -0.2) is 4.79 Å². The molecule has 0 aliphatic carbocycles. The van der Waals surface area contributed by atoms with Crippen molar-refractivity contribution in [2.45, 2.75) is 156 Å². The number of alkyl halides is 1. The Labute approximate surface area is 231 Å². The summed E-state index contributed by atoms with van der Waals surface area (Å²) in [4.78, 5) is 24.6. The number of carbonyl (C=O) groups excluding carboxylic acids is 2. The number of ether oxygens (including phenoxy) is 2. The lowest BCUT2D eigenvalue weighted by molar-refractivity contribution is -0.162. The summed E-state index contributed by atoms with van der Waals surface area (Å²) in [6, 6.07) is 0. The Balaban J connectivity index is 3.96. The first kappa shape index (κ1) is 35.0. The number of amides is 1. The van der Waals surface area contributed by atoms with Gasteiger partial charge in [0, 0.05) is 23.9 Å². The third-order valence-electron chi connectivity index (χ3n) is 6.66. The number of allylic oxidation sites excluding steroid dienone is 1. The van der Waals surface area contributed by atoms with E-state index in [2.05, 4.69) is 28.2 Å². The smallest absolute Gasteiger partial charge is 0.410 e. The normalized spacial score (nSPS) is 11.7. The van der Waals surface area contributed by atoms with Gasteiger partial charge in [0.05, 0.1) is 0 Å². The molecule has 36 heavy (non-hydrogen) atoms. The molecule has 6 heteroatoms. The average Bonchev–Trinajstić information content (AvgIpc) is 2.85. The Morgan fingerprint density at radius 3 is 1.64 bits per heavy atom. The van der Waals surface area contributed by atoms with Gasteiger partial charge in [-0.15, -0.1) is 0 Å². The van der Waals surface area contributed by atoms with Gasteiger partial charge < -0.3 is 14.8 Å². The van der Waals surface area contributed by atoms with Crippen LogP contribution in [0, 0.1) is 0 Å². The molecular weight excluding hydrogens is 518 g/mol. The molecule has 1 atom stereocenters. The first-order valence-corrected chi connectivity index (χ1v) is 15.9. The van der Waals surface area contributed by atoms with E-state index in [0.29, 0.717) is 13.0 Å². The molecule has 1 amide bonds. The quantitative estimate of drug-likeness (QED) is 0.0410. The third-order valence-corrected chi connectivity index (χ3v) is 7.22. The Bertz CT molecular complexity index is 575. The summed E-state index contributed by atoms with van der Waals surface area (Å²) in [5, 5.41) is 3.84. The number of halogens is 1. The first-order valence-electron chi connectivity index (χ1n) is 14.8. The maximum Gasteiger partial charge on any atom is 0.410 e. The van der Waals surface area contributed by atoms with Gasteiger partial charge in [-0.3, -0.25) is 4.79 Å². The summed E-state index contributed by atoms with van der Waals surface area (Å²) in [5.41, 5.74) is 1.74. The molecule has 0 aromatic rings. The molecule has 0 bridgehead atoms. The van der Waals surface area contributed by atoms with Crippen molar-refractivity contribution in [3.05, 3.63) is 11.1 Å². The minimum Gasteiger partial charge on any atom is -0.421 e. The molecular formula is C30H56BrNO4. The zero-order valence-corrected chi connectivity index (χ0v) is 25.5. The third kappa shape index (κ3) is 22.2. The highest BCUT2D eigenvalue weighted by Crippen LogP contribution is 2.16. The van der Waals surface area contributed by atoms with E-state index in [9.17, 15) is 9.59 Å². The Morgan fingerprint density at radius 1 is 0.667 bits per heavy atom. The molecule has 0 aromatic heterocycles. The highest BCUT2D eigenvalue weighted by Gasteiger charge is 2.21. The molecule has 0 spiro atoms. The molecule has 0 heterocycles. The van der Waals surface area contributed by atoms with Crippen LogP contribution in [0.3, 0.4) is 0 Å². The fourth-order valence-corrected chi connectivity index (χ4v) is 4.38. The second kappa shape index (κ2) is 25.6. The van der Waals surface area contributed by atoms with Gasteiger partial charge in [0.1, 0.15) is 0 Å². The van der Waals surface area contributed by atoms with Crippen LogP contribution in [0.25, 0.3) is 0 Å². The SMILES string of the molecule is CCCCCCCCCCCCCCCNC(=O)OC(OC(=O)CCCCCCCBr)C(C)=C(C)C. The van der Waals surface area contributed by atoms with Crippen LogP contribution in [0.4, 0.5) is 4.79 Å². The number of unbranched alkanes of at least 4 members (excludes halogenated alkanes) is 16. The van der Waals surface area contributed by atoms with Crippen molar-refractivity contribution in [3.8, 4) is 0 Å². The lowest BCUT2D eigenvalue weighted by Gasteiger charge is -2.20. The van der Waals surface area contributed by atoms with Crippen LogP contribution in [-0.4, -0.2) is 30.2 Å². The standard InChI is InChI=1S/C30H56BrNO4/c1-5-6-7-8-9-10-11-12-13-14-15-19-22-25-32-30(34)36-29(27(4)26(2)3)35-28(33)23-20-17-16-18-21-24-31/h29H,5-25H2,1-4H3,(H,32,34). The van der Waals surface area contributed by atoms with E-state index in [1.807, 2.05) is 20.8 Å². The number of carbonyl (C=O) groups is 2. The second-order valence-electron chi connectivity index (χ2n) is 10.3. The fourth-order valence-electron chi connectivity index (χ4n) is 3.98. The molecule has 212 valence electrons.